The fourth-order valence-electron chi connectivity index (χ4n) is 8.05. The van der Waals surface area contributed by atoms with Crippen LogP contribution < -0.4 is 10.6 Å². The van der Waals surface area contributed by atoms with E-state index in [2.05, 4.69) is 22.8 Å². The van der Waals surface area contributed by atoms with Crippen molar-refractivity contribution in [2.45, 2.75) is 122 Å². The van der Waals surface area contributed by atoms with Crippen LogP contribution >= 0.6 is 0 Å². The van der Waals surface area contributed by atoms with Gasteiger partial charge in [0.05, 0.1) is 42.5 Å². The van der Waals surface area contributed by atoms with Crippen molar-refractivity contribution in [2.75, 3.05) is 34.4 Å². The van der Waals surface area contributed by atoms with E-state index in [-0.39, 0.29) is 49.0 Å². The van der Waals surface area contributed by atoms with E-state index in [0.717, 1.165) is 12.8 Å². The Kier molecular flexibility index (Phi) is 16.7. The number of hydrogen-bond acceptors (Lipinski definition) is 7. The number of carbonyl (C=O) groups excluding carboxylic acids is 4. The Balaban J connectivity index is 1.71. The molecule has 4 amide bonds. The second-order valence-corrected chi connectivity index (χ2v) is 15.4. The van der Waals surface area contributed by atoms with Crippen LogP contribution in [0.5, 0.6) is 0 Å². The van der Waals surface area contributed by atoms with Gasteiger partial charge in [-0.2, -0.15) is 0 Å². The lowest BCUT2D eigenvalue weighted by molar-refractivity contribution is -0.148. The molecule has 3 rings (SSSR count). The Hall–Kier alpha value is -3.58. The first-order valence-electron chi connectivity index (χ1n) is 19.2. The highest BCUT2D eigenvalue weighted by atomic mass is 19.1. The number of aliphatic carboxylic acids is 1. The Morgan fingerprint density at radius 3 is 2.23 bits per heavy atom. The normalized spacial score (nSPS) is 25.0. The van der Waals surface area contributed by atoms with Crippen LogP contribution in [0.15, 0.2) is 36.5 Å². The number of rotatable bonds is 19. The summed E-state index contributed by atoms with van der Waals surface area (Å²) in [6, 6.07) is -1.98. The maximum absolute atomic E-state index is 15.7. The summed E-state index contributed by atoms with van der Waals surface area (Å²) in [5.41, 5.74) is -2.38. The number of hydrogen-bond donors (Lipinski definition) is 3. The monoisotopic (exact) mass is 746 g/mol. The minimum atomic E-state index is -2.38. The third-order valence-corrected chi connectivity index (χ3v) is 11.5. The fraction of sp³-hybridized carbons (Fsp3) is 0.725. The number of methoxy groups -OCH3 is 2. The van der Waals surface area contributed by atoms with Crippen LogP contribution in [0.25, 0.3) is 0 Å². The van der Waals surface area contributed by atoms with Gasteiger partial charge in [-0.1, -0.05) is 77.5 Å². The average Bonchev–Trinajstić information content (AvgIpc) is 3.70. The van der Waals surface area contributed by atoms with E-state index in [4.69, 9.17) is 9.47 Å². The van der Waals surface area contributed by atoms with Gasteiger partial charge in [-0.25, -0.2) is 4.39 Å². The highest BCUT2D eigenvalue weighted by Crippen LogP contribution is 2.38. The lowest BCUT2D eigenvalue weighted by Crippen LogP contribution is -2.59. The maximum Gasteiger partial charge on any atom is 0.306 e. The van der Waals surface area contributed by atoms with Crippen LogP contribution in [0.1, 0.15) is 86.0 Å². The molecule has 0 aromatic carbocycles. The Bertz CT molecular complexity index is 1350. The zero-order valence-corrected chi connectivity index (χ0v) is 32.9. The van der Waals surface area contributed by atoms with Crippen molar-refractivity contribution >= 4 is 29.6 Å². The molecular formula is C40H63FN4O8. The topological polar surface area (TPSA) is 155 Å². The number of carbonyl (C=O) groups is 5. The number of carboxylic acid groups (broad SMARTS) is 1. The number of alkyl halides is 1. The first-order valence-corrected chi connectivity index (χ1v) is 19.2. The van der Waals surface area contributed by atoms with E-state index in [1.807, 2.05) is 45.1 Å². The SMILES string of the molecule is CC[C@H](C)[C@@H]([C@@H](CC(=O)N1CCC[C@H]1[C@H](OC)[C@@H](C)C(=O)NCCC1C=CC=CC=C1)OC)N(C)C(=O)[C@@H](NC(=O)[C@]1(F)CCC(C(=O)O)C1)C(C)C. The van der Waals surface area contributed by atoms with Crippen LogP contribution in [0.2, 0.25) is 0 Å². The van der Waals surface area contributed by atoms with E-state index >= 15 is 4.39 Å². The van der Waals surface area contributed by atoms with Gasteiger partial charge in [0.2, 0.25) is 17.7 Å². The van der Waals surface area contributed by atoms with Crippen molar-refractivity contribution < 1.29 is 42.9 Å². The van der Waals surface area contributed by atoms with E-state index in [1.54, 1.807) is 32.9 Å². The number of amides is 4. The van der Waals surface area contributed by atoms with Crippen molar-refractivity contribution in [2.24, 2.45) is 29.6 Å². The smallest absolute Gasteiger partial charge is 0.306 e. The summed E-state index contributed by atoms with van der Waals surface area (Å²) in [6.45, 7) is 10.3. The largest absolute Gasteiger partial charge is 0.481 e. The van der Waals surface area contributed by atoms with Crippen molar-refractivity contribution in [3.8, 4) is 0 Å². The molecule has 0 aromatic rings. The van der Waals surface area contributed by atoms with E-state index in [9.17, 15) is 29.1 Å². The molecule has 0 radical (unpaired) electrons. The van der Waals surface area contributed by atoms with E-state index in [1.165, 1.54) is 12.0 Å². The number of halogens is 1. The Labute approximate surface area is 314 Å². The Morgan fingerprint density at radius 1 is 1.02 bits per heavy atom. The van der Waals surface area contributed by atoms with Crippen molar-refractivity contribution in [3.63, 3.8) is 0 Å². The summed E-state index contributed by atoms with van der Waals surface area (Å²) in [7, 11) is 4.67. The van der Waals surface area contributed by atoms with Crippen molar-refractivity contribution in [1.82, 2.24) is 20.4 Å². The summed E-state index contributed by atoms with van der Waals surface area (Å²) < 4.78 is 27.5. The number of carboxylic acids is 1. The summed E-state index contributed by atoms with van der Waals surface area (Å²) >= 11 is 0. The molecule has 0 aromatic heterocycles. The van der Waals surface area contributed by atoms with Gasteiger partial charge in [0.25, 0.3) is 5.91 Å². The predicted molar refractivity (Wildman–Crippen MR) is 200 cm³/mol. The van der Waals surface area contributed by atoms with E-state index < -0.39 is 71.9 Å². The third-order valence-electron chi connectivity index (χ3n) is 11.5. The number of likely N-dealkylation sites (tertiary alicyclic amines) is 1. The summed E-state index contributed by atoms with van der Waals surface area (Å²) in [4.78, 5) is 69.4. The summed E-state index contributed by atoms with van der Waals surface area (Å²) in [6.07, 6.45) is 13.1. The molecule has 1 heterocycles. The molecule has 1 unspecified atom stereocenters. The molecule has 1 saturated carbocycles. The molecule has 1 aliphatic heterocycles. The second-order valence-electron chi connectivity index (χ2n) is 15.4. The Morgan fingerprint density at radius 2 is 1.68 bits per heavy atom. The number of allylic oxidation sites excluding steroid dienone is 6. The number of likely N-dealkylation sites (N-methyl/N-ethyl adjacent to an activating group) is 1. The van der Waals surface area contributed by atoms with Crippen LogP contribution in [0.3, 0.4) is 0 Å². The van der Waals surface area contributed by atoms with Gasteiger partial charge < -0.3 is 35.0 Å². The average molecular weight is 747 g/mol. The standard InChI is InChI=1S/C40H63FN4O8/c1-9-26(4)34(44(6)37(48)33(25(2)3)43-39(51)40(41)20-18-29(24-40)38(49)50)31(52-7)23-32(46)45-22-14-17-30(45)35(53-8)27(5)36(47)42-21-19-28-15-12-10-11-13-16-28/h10-13,15-16,25-31,33-35H,9,14,17-24H2,1-8H3,(H,42,47)(H,43,51)(H,49,50)/t26-,27+,29?,30-,31+,33-,34-,35+,40-/m0/s1. The summed E-state index contributed by atoms with van der Waals surface area (Å²) in [5.74, 6) is -4.66. The van der Waals surface area contributed by atoms with Gasteiger partial charge >= 0.3 is 5.97 Å². The summed E-state index contributed by atoms with van der Waals surface area (Å²) in [5, 5.41) is 15.0. The number of ether oxygens (including phenoxy) is 2. The van der Waals surface area contributed by atoms with Gasteiger partial charge in [0, 0.05) is 40.8 Å². The highest BCUT2D eigenvalue weighted by molar-refractivity contribution is 5.92. The molecule has 2 aliphatic carbocycles. The van der Waals surface area contributed by atoms with E-state index in [0.29, 0.717) is 25.9 Å². The molecule has 13 heteroatoms. The van der Waals surface area contributed by atoms with Crippen LogP contribution in [-0.2, 0) is 33.4 Å². The van der Waals surface area contributed by atoms with Gasteiger partial charge in [0.1, 0.15) is 6.04 Å². The zero-order valence-electron chi connectivity index (χ0n) is 32.9. The number of nitrogens with zero attached hydrogens (tertiary/aromatic N) is 2. The minimum absolute atomic E-state index is 0.0310. The van der Waals surface area contributed by atoms with Gasteiger partial charge in [-0.05, 0) is 49.9 Å². The lowest BCUT2D eigenvalue weighted by atomic mass is 9.89. The van der Waals surface area contributed by atoms with Gasteiger partial charge in [0.15, 0.2) is 5.67 Å². The molecule has 0 bridgehead atoms. The fourth-order valence-corrected chi connectivity index (χ4v) is 8.05. The molecule has 298 valence electrons. The molecule has 12 nitrogen and oxygen atoms in total. The quantitative estimate of drug-likeness (QED) is 0.175. The van der Waals surface area contributed by atoms with Crippen molar-refractivity contribution in [3.05, 3.63) is 36.5 Å². The molecule has 1 saturated heterocycles. The molecule has 3 aliphatic rings. The molecule has 0 spiro atoms. The molecule has 3 N–H and O–H groups in total. The first-order chi connectivity index (χ1) is 25.1. The highest BCUT2D eigenvalue weighted by Gasteiger charge is 2.50. The molecule has 53 heavy (non-hydrogen) atoms. The predicted octanol–water partition coefficient (Wildman–Crippen LogP) is 4.45. The molecule has 2 fully saturated rings. The third kappa shape index (κ3) is 11.2. The van der Waals surface area contributed by atoms with Crippen molar-refractivity contribution in [1.29, 1.82) is 0 Å². The van der Waals surface area contributed by atoms with Gasteiger partial charge in [-0.3, -0.25) is 24.0 Å². The maximum atomic E-state index is 15.7. The van der Waals surface area contributed by atoms with Crippen LogP contribution in [0, 0.1) is 29.6 Å². The molecule has 9 atom stereocenters. The van der Waals surface area contributed by atoms with Crippen LogP contribution in [-0.4, -0.2) is 115 Å². The van der Waals surface area contributed by atoms with Gasteiger partial charge in [-0.15, -0.1) is 0 Å². The first kappa shape index (κ1) is 43.8. The molecular weight excluding hydrogens is 683 g/mol. The minimum Gasteiger partial charge on any atom is -0.481 e. The lowest BCUT2D eigenvalue weighted by Gasteiger charge is -2.41. The zero-order chi connectivity index (χ0) is 39.5. The second kappa shape index (κ2) is 20.2. The van der Waals surface area contributed by atoms with Crippen LogP contribution in [0.4, 0.5) is 4.39 Å². The number of nitrogens with one attached hydrogen (secondary N) is 2.